The Bertz CT molecular complexity index is 206. The summed E-state index contributed by atoms with van der Waals surface area (Å²) < 4.78 is 8.55. The van der Waals surface area contributed by atoms with E-state index in [-0.39, 0.29) is 5.96 Å². The van der Waals surface area contributed by atoms with Gasteiger partial charge in [0.1, 0.15) is 0 Å². The third kappa shape index (κ3) is 4.62. The number of nitrogens with zero attached hydrogens (tertiary/aromatic N) is 1. The maximum Gasteiger partial charge on any atom is 0.413 e. The van der Waals surface area contributed by atoms with Gasteiger partial charge in [-0.2, -0.15) is 0 Å². The standard InChI is InChI=1S/C6H11N3O4/c1-7-4(8-5(10)12-2)9-6(11)13-3/h1-3H3,(H2,7,8,9,10,11). The fraction of sp³-hybridized carbons (Fsp3) is 0.500. The molecule has 0 fully saturated rings. The second-order valence-electron chi connectivity index (χ2n) is 1.81. The highest BCUT2D eigenvalue weighted by Crippen LogP contribution is 1.75. The van der Waals surface area contributed by atoms with Gasteiger partial charge in [0, 0.05) is 7.05 Å². The Labute approximate surface area is 75.1 Å². The molecule has 0 heterocycles. The monoisotopic (exact) mass is 189 g/mol. The van der Waals surface area contributed by atoms with Crippen LogP contribution in [0.15, 0.2) is 4.99 Å². The van der Waals surface area contributed by atoms with Gasteiger partial charge in [-0.25, -0.2) is 9.59 Å². The van der Waals surface area contributed by atoms with Crippen LogP contribution in [-0.4, -0.2) is 39.4 Å². The van der Waals surface area contributed by atoms with E-state index in [0.717, 1.165) is 0 Å². The van der Waals surface area contributed by atoms with E-state index in [2.05, 4.69) is 25.1 Å². The minimum atomic E-state index is -0.725. The number of nitrogens with one attached hydrogen (secondary N) is 2. The molecule has 2 amide bonds. The molecule has 0 atom stereocenters. The van der Waals surface area contributed by atoms with Crippen LogP contribution in [-0.2, 0) is 9.47 Å². The highest BCUT2D eigenvalue weighted by atomic mass is 16.5. The number of hydrogen-bond acceptors (Lipinski definition) is 5. The van der Waals surface area contributed by atoms with E-state index in [9.17, 15) is 9.59 Å². The van der Waals surface area contributed by atoms with Crippen molar-refractivity contribution >= 4 is 18.1 Å². The topological polar surface area (TPSA) is 89.0 Å². The van der Waals surface area contributed by atoms with Crippen molar-refractivity contribution in [1.29, 1.82) is 0 Å². The Morgan fingerprint density at radius 1 is 1.08 bits per heavy atom. The SMILES string of the molecule is CN=C(NC(=O)OC)NC(=O)OC. The van der Waals surface area contributed by atoms with Gasteiger partial charge in [-0.3, -0.25) is 15.6 Å². The van der Waals surface area contributed by atoms with E-state index in [4.69, 9.17) is 0 Å². The first-order chi connectivity index (χ1) is 6.13. The van der Waals surface area contributed by atoms with Crippen LogP contribution in [0.25, 0.3) is 0 Å². The summed E-state index contributed by atoms with van der Waals surface area (Å²) in [7, 11) is 3.78. The molecule has 0 aromatic heterocycles. The smallest absolute Gasteiger partial charge is 0.413 e. The van der Waals surface area contributed by atoms with E-state index in [1.807, 2.05) is 0 Å². The number of carbonyl (C=O) groups is 2. The molecule has 0 spiro atoms. The lowest BCUT2D eigenvalue weighted by molar-refractivity contribution is 0.173. The minimum Gasteiger partial charge on any atom is -0.453 e. The summed E-state index contributed by atoms with van der Waals surface area (Å²) >= 11 is 0. The lowest BCUT2D eigenvalue weighted by Crippen LogP contribution is -2.43. The second kappa shape index (κ2) is 5.81. The van der Waals surface area contributed by atoms with Crippen LogP contribution in [0.2, 0.25) is 0 Å². The van der Waals surface area contributed by atoms with Crippen molar-refractivity contribution in [3.63, 3.8) is 0 Å². The Kier molecular flexibility index (Phi) is 5.01. The lowest BCUT2D eigenvalue weighted by atomic mass is 10.8. The summed E-state index contributed by atoms with van der Waals surface area (Å²) in [6.45, 7) is 0. The van der Waals surface area contributed by atoms with Gasteiger partial charge in [-0.05, 0) is 0 Å². The third-order valence-corrected chi connectivity index (χ3v) is 1.04. The van der Waals surface area contributed by atoms with Gasteiger partial charge in [0.15, 0.2) is 0 Å². The highest BCUT2D eigenvalue weighted by molar-refractivity contribution is 6.01. The van der Waals surface area contributed by atoms with Crippen LogP contribution in [0.1, 0.15) is 0 Å². The van der Waals surface area contributed by atoms with Crippen molar-refractivity contribution in [2.75, 3.05) is 21.3 Å². The molecule has 0 unspecified atom stereocenters. The van der Waals surface area contributed by atoms with Crippen LogP contribution in [0.3, 0.4) is 0 Å². The van der Waals surface area contributed by atoms with E-state index < -0.39 is 12.2 Å². The largest absolute Gasteiger partial charge is 0.453 e. The van der Waals surface area contributed by atoms with Crippen molar-refractivity contribution in [3.05, 3.63) is 0 Å². The zero-order valence-corrected chi connectivity index (χ0v) is 7.58. The summed E-state index contributed by atoms with van der Waals surface area (Å²) in [5, 5.41) is 4.32. The van der Waals surface area contributed by atoms with Crippen LogP contribution in [0, 0.1) is 0 Å². The average molecular weight is 189 g/mol. The molecular weight excluding hydrogens is 178 g/mol. The molecule has 0 aromatic rings. The molecule has 0 rings (SSSR count). The Morgan fingerprint density at radius 3 is 1.69 bits per heavy atom. The van der Waals surface area contributed by atoms with Crippen molar-refractivity contribution in [1.82, 2.24) is 10.6 Å². The molecule has 0 aliphatic carbocycles. The van der Waals surface area contributed by atoms with Crippen LogP contribution in [0.5, 0.6) is 0 Å². The fourth-order valence-corrected chi connectivity index (χ4v) is 0.438. The molecule has 0 aliphatic rings. The van der Waals surface area contributed by atoms with Crippen LogP contribution in [0.4, 0.5) is 9.59 Å². The zero-order chi connectivity index (χ0) is 10.3. The van der Waals surface area contributed by atoms with Crippen molar-refractivity contribution < 1.29 is 19.1 Å². The summed E-state index contributed by atoms with van der Waals surface area (Å²) in [6.07, 6.45) is -1.45. The summed E-state index contributed by atoms with van der Waals surface area (Å²) in [6, 6.07) is 0. The number of ether oxygens (including phenoxy) is 2. The van der Waals surface area contributed by atoms with Gasteiger partial charge in [-0.15, -0.1) is 0 Å². The molecule has 0 bridgehead atoms. The van der Waals surface area contributed by atoms with Crippen molar-refractivity contribution in [3.8, 4) is 0 Å². The Hall–Kier alpha value is -1.79. The molecule has 0 aromatic carbocycles. The minimum absolute atomic E-state index is 0.0429. The molecule has 2 N–H and O–H groups in total. The van der Waals surface area contributed by atoms with Gasteiger partial charge in [0.05, 0.1) is 14.2 Å². The molecule has 74 valence electrons. The summed E-state index contributed by atoms with van der Waals surface area (Å²) in [5.41, 5.74) is 0. The first-order valence-electron chi connectivity index (χ1n) is 3.30. The molecule has 0 radical (unpaired) electrons. The highest BCUT2D eigenvalue weighted by Gasteiger charge is 2.07. The van der Waals surface area contributed by atoms with Gasteiger partial charge < -0.3 is 9.47 Å². The van der Waals surface area contributed by atoms with Gasteiger partial charge in [-0.1, -0.05) is 0 Å². The molecule has 7 nitrogen and oxygen atoms in total. The Morgan fingerprint density at radius 2 is 1.46 bits per heavy atom. The predicted octanol–water partition coefficient (Wildman–Crippen LogP) is -0.316. The van der Waals surface area contributed by atoms with Gasteiger partial charge in [0.2, 0.25) is 5.96 Å². The van der Waals surface area contributed by atoms with Gasteiger partial charge in [0.25, 0.3) is 0 Å². The number of rotatable bonds is 0. The summed E-state index contributed by atoms with van der Waals surface area (Å²) in [5.74, 6) is -0.0429. The quantitative estimate of drug-likeness (QED) is 0.404. The maximum atomic E-state index is 10.6. The van der Waals surface area contributed by atoms with Crippen LogP contribution >= 0.6 is 0 Å². The fourth-order valence-electron chi connectivity index (χ4n) is 0.438. The number of aliphatic imine (C=N–C) groups is 1. The van der Waals surface area contributed by atoms with Crippen molar-refractivity contribution in [2.45, 2.75) is 0 Å². The first kappa shape index (κ1) is 11.2. The number of alkyl carbamates (subject to hydrolysis) is 2. The molecule has 7 heteroatoms. The normalized spacial score (nSPS) is 8.23. The van der Waals surface area contributed by atoms with E-state index >= 15 is 0 Å². The molecule has 0 aliphatic heterocycles. The number of carbonyl (C=O) groups excluding carboxylic acids is 2. The molecular formula is C6H11N3O4. The van der Waals surface area contributed by atoms with E-state index in [1.165, 1.54) is 21.3 Å². The number of amides is 2. The third-order valence-electron chi connectivity index (χ3n) is 1.04. The number of guanidine groups is 1. The van der Waals surface area contributed by atoms with E-state index in [0.29, 0.717) is 0 Å². The molecule has 0 saturated heterocycles. The zero-order valence-electron chi connectivity index (χ0n) is 7.58. The lowest BCUT2D eigenvalue weighted by Gasteiger charge is -2.06. The van der Waals surface area contributed by atoms with Gasteiger partial charge >= 0.3 is 12.2 Å². The predicted molar refractivity (Wildman–Crippen MR) is 44.4 cm³/mol. The molecule has 13 heavy (non-hydrogen) atoms. The first-order valence-corrected chi connectivity index (χ1v) is 3.30. The maximum absolute atomic E-state index is 10.6. The number of methoxy groups -OCH3 is 2. The molecule has 0 saturated carbocycles. The number of hydrogen-bond donors (Lipinski definition) is 2. The summed E-state index contributed by atoms with van der Waals surface area (Å²) in [4.78, 5) is 24.8. The van der Waals surface area contributed by atoms with Crippen LogP contribution < -0.4 is 10.6 Å². The average Bonchev–Trinajstić information content (AvgIpc) is 2.16. The van der Waals surface area contributed by atoms with E-state index in [1.54, 1.807) is 0 Å². The Balaban J connectivity index is 4.06. The van der Waals surface area contributed by atoms with Crippen molar-refractivity contribution in [2.24, 2.45) is 4.99 Å². The second-order valence-corrected chi connectivity index (χ2v) is 1.81.